The SMILES string of the molecule is O=C(CNc1ccccc1OC(F)(F)F)Nc1ccccc1-c1ccccc1. The highest BCUT2D eigenvalue weighted by atomic mass is 19.4. The zero-order valence-corrected chi connectivity index (χ0v) is 14.7. The topological polar surface area (TPSA) is 50.4 Å². The van der Waals surface area contributed by atoms with Crippen LogP contribution in [0, 0.1) is 0 Å². The van der Waals surface area contributed by atoms with Crippen LogP contribution >= 0.6 is 0 Å². The molecule has 3 aromatic rings. The third kappa shape index (κ3) is 5.26. The molecule has 0 aliphatic rings. The minimum Gasteiger partial charge on any atom is -0.404 e. The maximum Gasteiger partial charge on any atom is 0.573 e. The Labute approximate surface area is 160 Å². The summed E-state index contributed by atoms with van der Waals surface area (Å²) in [5.41, 5.74) is 2.47. The van der Waals surface area contributed by atoms with Gasteiger partial charge in [0.05, 0.1) is 12.2 Å². The van der Waals surface area contributed by atoms with E-state index in [9.17, 15) is 18.0 Å². The molecule has 0 saturated heterocycles. The molecule has 0 heterocycles. The van der Waals surface area contributed by atoms with E-state index in [1.807, 2.05) is 42.5 Å². The van der Waals surface area contributed by atoms with E-state index in [-0.39, 0.29) is 12.2 Å². The summed E-state index contributed by atoms with van der Waals surface area (Å²) in [6, 6.07) is 22.4. The van der Waals surface area contributed by atoms with Crippen LogP contribution in [0.4, 0.5) is 24.5 Å². The van der Waals surface area contributed by atoms with E-state index in [1.54, 1.807) is 18.2 Å². The number of halogens is 3. The van der Waals surface area contributed by atoms with Gasteiger partial charge in [-0.3, -0.25) is 4.79 Å². The lowest BCUT2D eigenvalue weighted by atomic mass is 10.0. The third-order valence-electron chi connectivity index (χ3n) is 3.84. The first-order chi connectivity index (χ1) is 13.4. The summed E-state index contributed by atoms with van der Waals surface area (Å²) in [6.45, 7) is -0.221. The van der Waals surface area contributed by atoms with Crippen molar-refractivity contribution in [1.82, 2.24) is 0 Å². The molecule has 0 aromatic heterocycles. The number of amides is 1. The van der Waals surface area contributed by atoms with Crippen molar-refractivity contribution in [3.05, 3.63) is 78.9 Å². The van der Waals surface area contributed by atoms with Crippen LogP contribution < -0.4 is 15.4 Å². The van der Waals surface area contributed by atoms with Crippen molar-refractivity contribution in [2.24, 2.45) is 0 Å². The van der Waals surface area contributed by atoms with Gasteiger partial charge in [-0.2, -0.15) is 0 Å². The van der Waals surface area contributed by atoms with Crippen molar-refractivity contribution in [3.8, 4) is 16.9 Å². The van der Waals surface area contributed by atoms with Crippen LogP contribution in [0.1, 0.15) is 0 Å². The fourth-order valence-corrected chi connectivity index (χ4v) is 2.66. The molecule has 0 aliphatic carbocycles. The number of para-hydroxylation sites is 3. The van der Waals surface area contributed by atoms with Crippen LogP contribution in [-0.2, 0) is 4.79 Å². The van der Waals surface area contributed by atoms with Gasteiger partial charge in [0.1, 0.15) is 0 Å². The first-order valence-corrected chi connectivity index (χ1v) is 8.45. The molecule has 0 bridgehead atoms. The second-order valence-corrected chi connectivity index (χ2v) is 5.86. The fraction of sp³-hybridized carbons (Fsp3) is 0.0952. The van der Waals surface area contributed by atoms with Gasteiger partial charge in [0.15, 0.2) is 5.75 Å². The molecular weight excluding hydrogens is 369 g/mol. The van der Waals surface area contributed by atoms with E-state index in [1.165, 1.54) is 18.2 Å². The monoisotopic (exact) mass is 386 g/mol. The van der Waals surface area contributed by atoms with E-state index in [0.29, 0.717) is 5.69 Å². The molecule has 0 atom stereocenters. The number of rotatable bonds is 6. The largest absolute Gasteiger partial charge is 0.573 e. The highest BCUT2D eigenvalue weighted by Crippen LogP contribution is 2.30. The second-order valence-electron chi connectivity index (χ2n) is 5.86. The molecule has 0 fully saturated rings. The minimum absolute atomic E-state index is 0.0753. The molecular formula is C21H17F3N2O2. The van der Waals surface area contributed by atoms with Gasteiger partial charge in [-0.1, -0.05) is 60.7 Å². The Balaban J connectivity index is 1.68. The number of carbonyl (C=O) groups excluding carboxylic acids is 1. The fourth-order valence-electron chi connectivity index (χ4n) is 2.66. The molecule has 3 rings (SSSR count). The summed E-state index contributed by atoms with van der Waals surface area (Å²) < 4.78 is 41.4. The molecule has 0 saturated carbocycles. The number of nitrogens with one attached hydrogen (secondary N) is 2. The van der Waals surface area contributed by atoms with Gasteiger partial charge in [0, 0.05) is 11.3 Å². The summed E-state index contributed by atoms with van der Waals surface area (Å²) in [4.78, 5) is 12.3. The van der Waals surface area contributed by atoms with Gasteiger partial charge in [0.2, 0.25) is 5.91 Å². The van der Waals surface area contributed by atoms with Crippen molar-refractivity contribution in [1.29, 1.82) is 0 Å². The Kier molecular flexibility index (Phi) is 5.84. The quantitative estimate of drug-likeness (QED) is 0.604. The minimum atomic E-state index is -4.81. The molecule has 7 heteroatoms. The predicted molar refractivity (Wildman–Crippen MR) is 102 cm³/mol. The first kappa shape index (κ1) is 19.3. The number of carbonyl (C=O) groups is 1. The molecule has 0 unspecified atom stereocenters. The van der Waals surface area contributed by atoms with Crippen LogP contribution in [0.3, 0.4) is 0 Å². The summed E-state index contributed by atoms with van der Waals surface area (Å²) in [5, 5.41) is 5.46. The van der Waals surface area contributed by atoms with E-state index in [2.05, 4.69) is 15.4 Å². The number of ether oxygens (including phenoxy) is 1. The van der Waals surface area contributed by atoms with Gasteiger partial charge in [-0.05, 0) is 23.8 Å². The molecule has 1 amide bonds. The van der Waals surface area contributed by atoms with Gasteiger partial charge >= 0.3 is 6.36 Å². The maximum atomic E-state index is 12.5. The first-order valence-electron chi connectivity index (χ1n) is 8.45. The van der Waals surface area contributed by atoms with Crippen molar-refractivity contribution in [2.75, 3.05) is 17.2 Å². The second kappa shape index (κ2) is 8.47. The van der Waals surface area contributed by atoms with Gasteiger partial charge < -0.3 is 15.4 Å². The molecule has 0 spiro atoms. The van der Waals surface area contributed by atoms with E-state index >= 15 is 0 Å². The number of benzene rings is 3. The average molecular weight is 386 g/mol. The Hall–Kier alpha value is -3.48. The molecule has 144 valence electrons. The molecule has 3 aromatic carbocycles. The normalized spacial score (nSPS) is 11.0. The zero-order valence-electron chi connectivity index (χ0n) is 14.7. The summed E-state index contributed by atoms with van der Waals surface area (Å²) in [7, 11) is 0. The Morgan fingerprint density at radius 1 is 0.821 bits per heavy atom. The highest BCUT2D eigenvalue weighted by Gasteiger charge is 2.32. The Morgan fingerprint density at radius 2 is 1.43 bits per heavy atom. The molecule has 0 radical (unpaired) electrons. The lowest BCUT2D eigenvalue weighted by Gasteiger charge is -2.15. The maximum absolute atomic E-state index is 12.5. The Bertz CT molecular complexity index is 944. The van der Waals surface area contributed by atoms with Gasteiger partial charge in [-0.25, -0.2) is 0 Å². The standard InChI is InChI=1S/C21H17F3N2O2/c22-21(23,24)28-19-13-7-6-12-18(19)25-14-20(27)26-17-11-5-4-10-16(17)15-8-2-1-3-9-15/h1-13,25H,14H2,(H,26,27). The molecule has 28 heavy (non-hydrogen) atoms. The van der Waals surface area contributed by atoms with Crippen LogP contribution in [0.15, 0.2) is 78.9 Å². The predicted octanol–water partition coefficient (Wildman–Crippen LogP) is 5.30. The smallest absolute Gasteiger partial charge is 0.404 e. The van der Waals surface area contributed by atoms with Crippen molar-refractivity contribution >= 4 is 17.3 Å². The van der Waals surface area contributed by atoms with Crippen LogP contribution in [0.25, 0.3) is 11.1 Å². The van der Waals surface area contributed by atoms with Crippen molar-refractivity contribution < 1.29 is 22.7 Å². The number of hydrogen-bond acceptors (Lipinski definition) is 3. The van der Waals surface area contributed by atoms with Crippen LogP contribution in [0.2, 0.25) is 0 Å². The molecule has 2 N–H and O–H groups in total. The van der Waals surface area contributed by atoms with Crippen molar-refractivity contribution in [3.63, 3.8) is 0 Å². The number of hydrogen-bond donors (Lipinski definition) is 2. The summed E-state index contributed by atoms with van der Waals surface area (Å²) in [5.74, 6) is -0.794. The van der Waals surface area contributed by atoms with E-state index < -0.39 is 18.0 Å². The number of alkyl halides is 3. The molecule has 0 aliphatic heterocycles. The van der Waals surface area contributed by atoms with E-state index in [4.69, 9.17) is 0 Å². The van der Waals surface area contributed by atoms with Crippen LogP contribution in [0.5, 0.6) is 5.75 Å². The van der Waals surface area contributed by atoms with Gasteiger partial charge in [0.25, 0.3) is 0 Å². The lowest BCUT2D eigenvalue weighted by Crippen LogP contribution is -2.23. The summed E-state index contributed by atoms with van der Waals surface area (Å²) in [6.07, 6.45) is -4.81. The lowest BCUT2D eigenvalue weighted by molar-refractivity contribution is -0.274. The molecule has 4 nitrogen and oxygen atoms in total. The van der Waals surface area contributed by atoms with Crippen molar-refractivity contribution in [2.45, 2.75) is 6.36 Å². The third-order valence-corrected chi connectivity index (χ3v) is 3.84. The van der Waals surface area contributed by atoms with Crippen LogP contribution in [-0.4, -0.2) is 18.8 Å². The Morgan fingerprint density at radius 3 is 2.14 bits per heavy atom. The summed E-state index contributed by atoms with van der Waals surface area (Å²) >= 11 is 0. The zero-order chi connectivity index (χ0) is 20.0. The van der Waals surface area contributed by atoms with E-state index in [0.717, 1.165) is 11.1 Å². The highest BCUT2D eigenvalue weighted by molar-refractivity contribution is 5.97. The van der Waals surface area contributed by atoms with Gasteiger partial charge in [-0.15, -0.1) is 13.2 Å². The number of anilines is 2. The average Bonchev–Trinajstić information content (AvgIpc) is 2.67.